The Balaban J connectivity index is 1.93. The first kappa shape index (κ1) is 14.9. The van der Waals surface area contributed by atoms with Gasteiger partial charge in [0.2, 0.25) is 5.91 Å². The van der Waals surface area contributed by atoms with Gasteiger partial charge in [-0.3, -0.25) is 9.69 Å². The molecule has 4 heteroatoms. The summed E-state index contributed by atoms with van der Waals surface area (Å²) in [7, 11) is 1.92. The van der Waals surface area contributed by atoms with Crippen molar-refractivity contribution in [2.45, 2.75) is 38.8 Å². The molecule has 0 bridgehead atoms. The summed E-state index contributed by atoms with van der Waals surface area (Å²) >= 11 is 0. The third-order valence-corrected chi connectivity index (χ3v) is 3.74. The van der Waals surface area contributed by atoms with Crippen molar-refractivity contribution in [3.63, 3.8) is 0 Å². The molecule has 0 saturated heterocycles. The number of amides is 1. The Hall–Kier alpha value is -1.55. The van der Waals surface area contributed by atoms with Crippen LogP contribution in [0.5, 0.6) is 0 Å². The SMILES string of the molecule is CCCN(CC(=O)N(C)C1CC1)Cc1cccc(N)c1. The second kappa shape index (κ2) is 6.75. The number of nitrogens with two attached hydrogens (primary N) is 1. The van der Waals surface area contributed by atoms with E-state index in [-0.39, 0.29) is 5.91 Å². The van der Waals surface area contributed by atoms with E-state index in [0.717, 1.165) is 38.0 Å². The quantitative estimate of drug-likeness (QED) is 0.775. The zero-order chi connectivity index (χ0) is 14.5. The maximum atomic E-state index is 12.2. The van der Waals surface area contributed by atoms with Gasteiger partial charge in [-0.05, 0) is 43.5 Å². The predicted molar refractivity (Wildman–Crippen MR) is 82.2 cm³/mol. The smallest absolute Gasteiger partial charge is 0.236 e. The minimum atomic E-state index is 0.227. The lowest BCUT2D eigenvalue weighted by Crippen LogP contribution is -2.39. The van der Waals surface area contributed by atoms with Crippen molar-refractivity contribution in [1.82, 2.24) is 9.80 Å². The number of hydrogen-bond donors (Lipinski definition) is 1. The first-order valence-corrected chi connectivity index (χ1v) is 7.42. The number of rotatable bonds is 7. The molecule has 4 nitrogen and oxygen atoms in total. The minimum absolute atomic E-state index is 0.227. The van der Waals surface area contributed by atoms with Gasteiger partial charge in [0.15, 0.2) is 0 Å². The molecule has 2 N–H and O–H groups in total. The third-order valence-electron chi connectivity index (χ3n) is 3.74. The molecule has 1 aromatic rings. The van der Waals surface area contributed by atoms with E-state index < -0.39 is 0 Å². The number of nitrogens with zero attached hydrogens (tertiary/aromatic N) is 2. The molecule has 20 heavy (non-hydrogen) atoms. The monoisotopic (exact) mass is 275 g/mol. The van der Waals surface area contributed by atoms with Crippen LogP contribution in [0, 0.1) is 0 Å². The van der Waals surface area contributed by atoms with Gasteiger partial charge in [0.1, 0.15) is 0 Å². The Morgan fingerprint density at radius 3 is 2.75 bits per heavy atom. The van der Waals surface area contributed by atoms with Gasteiger partial charge >= 0.3 is 0 Å². The van der Waals surface area contributed by atoms with Crippen molar-refractivity contribution in [1.29, 1.82) is 0 Å². The molecule has 0 aromatic heterocycles. The summed E-state index contributed by atoms with van der Waals surface area (Å²) in [6.45, 7) is 4.35. The van der Waals surface area contributed by atoms with Gasteiger partial charge in [0.05, 0.1) is 6.54 Å². The van der Waals surface area contributed by atoms with Gasteiger partial charge in [0.25, 0.3) is 0 Å². The third kappa shape index (κ3) is 4.23. The largest absolute Gasteiger partial charge is 0.399 e. The van der Waals surface area contributed by atoms with Gasteiger partial charge in [0, 0.05) is 25.3 Å². The normalized spacial score (nSPS) is 14.6. The Labute approximate surface area is 121 Å². The maximum Gasteiger partial charge on any atom is 0.236 e. The first-order chi connectivity index (χ1) is 9.60. The van der Waals surface area contributed by atoms with E-state index in [1.54, 1.807) is 0 Å². The van der Waals surface area contributed by atoms with Gasteiger partial charge in [-0.25, -0.2) is 0 Å². The highest BCUT2D eigenvalue weighted by Gasteiger charge is 2.29. The second-order valence-corrected chi connectivity index (χ2v) is 5.69. The van der Waals surface area contributed by atoms with E-state index in [4.69, 9.17) is 5.73 Å². The topological polar surface area (TPSA) is 49.6 Å². The van der Waals surface area contributed by atoms with Crippen LogP contribution in [-0.2, 0) is 11.3 Å². The summed E-state index contributed by atoms with van der Waals surface area (Å²) in [6, 6.07) is 8.39. The van der Waals surface area contributed by atoms with Crippen LogP contribution in [-0.4, -0.2) is 41.9 Å². The van der Waals surface area contributed by atoms with Crippen molar-refractivity contribution in [2.24, 2.45) is 0 Å². The average molecular weight is 275 g/mol. The van der Waals surface area contributed by atoms with Gasteiger partial charge in [-0.1, -0.05) is 19.1 Å². The van der Waals surface area contributed by atoms with Crippen molar-refractivity contribution in [3.05, 3.63) is 29.8 Å². The lowest BCUT2D eigenvalue weighted by Gasteiger charge is -2.25. The molecular weight excluding hydrogens is 250 g/mol. The highest BCUT2D eigenvalue weighted by atomic mass is 16.2. The standard InChI is InChI=1S/C16H25N3O/c1-3-9-19(11-13-5-4-6-14(17)10-13)12-16(20)18(2)15-7-8-15/h4-6,10,15H,3,7-9,11-12,17H2,1-2H3. The second-order valence-electron chi connectivity index (χ2n) is 5.69. The molecular formula is C16H25N3O. The van der Waals surface area contributed by atoms with E-state index in [0.29, 0.717) is 12.6 Å². The molecule has 0 spiro atoms. The van der Waals surface area contributed by atoms with Gasteiger partial charge in [-0.2, -0.15) is 0 Å². The van der Waals surface area contributed by atoms with Crippen LogP contribution < -0.4 is 5.73 Å². The maximum absolute atomic E-state index is 12.2. The zero-order valence-corrected chi connectivity index (χ0v) is 12.5. The Bertz CT molecular complexity index is 457. The van der Waals surface area contributed by atoms with Crippen LogP contribution in [0.4, 0.5) is 5.69 Å². The number of nitrogen functional groups attached to an aromatic ring is 1. The number of anilines is 1. The van der Waals surface area contributed by atoms with E-state index in [1.165, 1.54) is 5.56 Å². The van der Waals surface area contributed by atoms with Gasteiger partial charge in [-0.15, -0.1) is 0 Å². The Kier molecular flexibility index (Phi) is 5.01. The predicted octanol–water partition coefficient (Wildman–Crippen LogP) is 2.10. The lowest BCUT2D eigenvalue weighted by molar-refractivity contribution is -0.131. The summed E-state index contributed by atoms with van der Waals surface area (Å²) in [5.41, 5.74) is 7.76. The highest BCUT2D eigenvalue weighted by molar-refractivity contribution is 5.78. The fourth-order valence-electron chi connectivity index (χ4n) is 2.45. The number of carbonyl (C=O) groups is 1. The summed E-state index contributed by atoms with van der Waals surface area (Å²) in [5, 5.41) is 0. The summed E-state index contributed by atoms with van der Waals surface area (Å²) < 4.78 is 0. The molecule has 1 saturated carbocycles. The van der Waals surface area contributed by atoms with Crippen molar-refractivity contribution >= 4 is 11.6 Å². The molecule has 1 aliphatic rings. The lowest BCUT2D eigenvalue weighted by atomic mass is 10.2. The van der Waals surface area contributed by atoms with Crippen LogP contribution in [0.25, 0.3) is 0 Å². The number of carbonyl (C=O) groups excluding carboxylic acids is 1. The van der Waals surface area contributed by atoms with E-state index in [2.05, 4.69) is 17.9 Å². The highest BCUT2D eigenvalue weighted by Crippen LogP contribution is 2.25. The van der Waals surface area contributed by atoms with Crippen LogP contribution in [0.15, 0.2) is 24.3 Å². The first-order valence-electron chi connectivity index (χ1n) is 7.42. The molecule has 110 valence electrons. The summed E-state index contributed by atoms with van der Waals surface area (Å²) in [4.78, 5) is 16.3. The fraction of sp³-hybridized carbons (Fsp3) is 0.562. The molecule has 0 radical (unpaired) electrons. The molecule has 1 aliphatic carbocycles. The number of benzene rings is 1. The van der Waals surface area contributed by atoms with Gasteiger partial charge < -0.3 is 10.6 Å². The molecule has 0 aliphatic heterocycles. The number of hydrogen-bond acceptors (Lipinski definition) is 3. The number of likely N-dealkylation sites (N-methyl/N-ethyl adjacent to an activating group) is 1. The molecule has 1 fully saturated rings. The fourth-order valence-corrected chi connectivity index (χ4v) is 2.45. The molecule has 0 unspecified atom stereocenters. The Morgan fingerprint density at radius 2 is 2.15 bits per heavy atom. The molecule has 2 rings (SSSR count). The Morgan fingerprint density at radius 1 is 1.40 bits per heavy atom. The van der Waals surface area contributed by atoms with E-state index in [9.17, 15) is 4.79 Å². The van der Waals surface area contributed by atoms with Crippen LogP contribution in [0.2, 0.25) is 0 Å². The summed E-state index contributed by atoms with van der Waals surface area (Å²) in [5.74, 6) is 0.227. The van der Waals surface area contributed by atoms with E-state index >= 15 is 0 Å². The van der Waals surface area contributed by atoms with Crippen LogP contribution in [0.3, 0.4) is 0 Å². The van der Waals surface area contributed by atoms with Crippen molar-refractivity contribution < 1.29 is 4.79 Å². The van der Waals surface area contributed by atoms with E-state index in [1.807, 2.05) is 30.1 Å². The minimum Gasteiger partial charge on any atom is -0.399 e. The molecule has 0 atom stereocenters. The molecule has 0 heterocycles. The molecule has 1 amide bonds. The van der Waals surface area contributed by atoms with Crippen molar-refractivity contribution in [3.8, 4) is 0 Å². The van der Waals surface area contributed by atoms with Crippen LogP contribution in [0.1, 0.15) is 31.7 Å². The summed E-state index contributed by atoms with van der Waals surface area (Å²) in [6.07, 6.45) is 3.36. The zero-order valence-electron chi connectivity index (χ0n) is 12.5. The van der Waals surface area contributed by atoms with Crippen LogP contribution >= 0.6 is 0 Å². The molecule has 1 aromatic carbocycles. The average Bonchev–Trinajstić information content (AvgIpc) is 3.22. The van der Waals surface area contributed by atoms with Crippen molar-refractivity contribution in [2.75, 3.05) is 25.9 Å².